The van der Waals surface area contributed by atoms with Gasteiger partial charge in [0.1, 0.15) is 0 Å². The highest BCUT2D eigenvalue weighted by molar-refractivity contribution is 6.38. The molecule has 0 atom stereocenters. The van der Waals surface area contributed by atoms with E-state index in [9.17, 15) is 0 Å². The maximum atomic E-state index is 6.06. The molecule has 0 aliphatic rings. The number of aromatic nitrogens is 1. The van der Waals surface area contributed by atoms with Crippen molar-refractivity contribution in [2.45, 2.75) is 0 Å². The predicted molar refractivity (Wildman–Crippen MR) is 54.6 cm³/mol. The van der Waals surface area contributed by atoms with Crippen LogP contribution in [0.15, 0.2) is 30.6 Å². The molecule has 3 nitrogen and oxygen atoms in total. The summed E-state index contributed by atoms with van der Waals surface area (Å²) in [7, 11) is 0. The van der Waals surface area contributed by atoms with E-state index in [1.807, 2.05) is 18.2 Å². The van der Waals surface area contributed by atoms with Crippen LogP contribution < -0.4 is 11.3 Å². The van der Waals surface area contributed by atoms with Crippen molar-refractivity contribution in [3.63, 3.8) is 0 Å². The molecule has 2 aromatic rings. The van der Waals surface area contributed by atoms with E-state index in [0.717, 1.165) is 10.8 Å². The smallest absolute Gasteiger partial charge is 0.0744 e. The van der Waals surface area contributed by atoms with Gasteiger partial charge in [-0.25, -0.2) is 0 Å². The van der Waals surface area contributed by atoms with Crippen LogP contribution in [0.25, 0.3) is 10.8 Å². The second-order valence-corrected chi connectivity index (χ2v) is 3.05. The lowest BCUT2D eigenvalue weighted by Gasteiger charge is -2.05. The molecule has 0 amide bonds. The normalized spacial score (nSPS) is 10.3. The molecular weight excluding hydrogens is 186 g/mol. The van der Waals surface area contributed by atoms with Crippen LogP contribution in [0.3, 0.4) is 0 Å². The average molecular weight is 194 g/mol. The van der Waals surface area contributed by atoms with Crippen molar-refractivity contribution in [3.05, 3.63) is 35.6 Å². The van der Waals surface area contributed by atoms with Crippen LogP contribution in [-0.4, -0.2) is 4.98 Å². The van der Waals surface area contributed by atoms with Crippen LogP contribution in [0.1, 0.15) is 0 Å². The maximum Gasteiger partial charge on any atom is 0.0744 e. The minimum Gasteiger partial charge on any atom is -0.323 e. The van der Waals surface area contributed by atoms with Crippen LogP contribution in [0.5, 0.6) is 0 Å². The molecule has 3 N–H and O–H groups in total. The maximum absolute atomic E-state index is 6.06. The van der Waals surface area contributed by atoms with Gasteiger partial charge >= 0.3 is 0 Å². The van der Waals surface area contributed by atoms with Gasteiger partial charge in [0.2, 0.25) is 0 Å². The quantitative estimate of drug-likeness (QED) is 0.539. The van der Waals surface area contributed by atoms with Gasteiger partial charge in [0.25, 0.3) is 0 Å². The molecule has 0 fully saturated rings. The number of rotatable bonds is 1. The van der Waals surface area contributed by atoms with Crippen molar-refractivity contribution in [1.29, 1.82) is 0 Å². The SMILES string of the molecule is NNc1ccc2ccncc2c1Cl. The van der Waals surface area contributed by atoms with E-state index in [1.54, 1.807) is 12.4 Å². The lowest BCUT2D eigenvalue weighted by Crippen LogP contribution is -2.07. The van der Waals surface area contributed by atoms with E-state index < -0.39 is 0 Å². The number of hydrogen-bond acceptors (Lipinski definition) is 3. The molecular formula is C9H8ClN3. The molecule has 0 radical (unpaired) electrons. The van der Waals surface area contributed by atoms with Gasteiger partial charge in [-0.05, 0) is 17.5 Å². The molecule has 1 heterocycles. The molecule has 0 bridgehead atoms. The molecule has 0 aliphatic carbocycles. The first-order valence-corrected chi connectivity index (χ1v) is 4.19. The Morgan fingerprint density at radius 1 is 1.31 bits per heavy atom. The van der Waals surface area contributed by atoms with E-state index in [4.69, 9.17) is 17.4 Å². The first-order valence-electron chi connectivity index (χ1n) is 3.82. The van der Waals surface area contributed by atoms with Gasteiger partial charge in [-0.3, -0.25) is 10.8 Å². The van der Waals surface area contributed by atoms with Gasteiger partial charge < -0.3 is 5.43 Å². The Balaban J connectivity index is 2.79. The number of anilines is 1. The molecule has 4 heteroatoms. The van der Waals surface area contributed by atoms with E-state index in [2.05, 4.69) is 10.4 Å². The number of nitrogen functional groups attached to an aromatic ring is 1. The number of halogens is 1. The third kappa shape index (κ3) is 1.32. The van der Waals surface area contributed by atoms with Gasteiger partial charge in [0, 0.05) is 17.8 Å². The number of benzene rings is 1. The van der Waals surface area contributed by atoms with E-state index in [-0.39, 0.29) is 0 Å². The van der Waals surface area contributed by atoms with E-state index in [1.165, 1.54) is 0 Å². The highest BCUT2D eigenvalue weighted by atomic mass is 35.5. The van der Waals surface area contributed by atoms with Gasteiger partial charge in [0.15, 0.2) is 0 Å². The van der Waals surface area contributed by atoms with Crippen molar-refractivity contribution in [2.75, 3.05) is 5.43 Å². The zero-order valence-electron chi connectivity index (χ0n) is 6.79. The average Bonchev–Trinajstić information content (AvgIpc) is 2.19. The van der Waals surface area contributed by atoms with Crippen molar-refractivity contribution in [1.82, 2.24) is 4.98 Å². The van der Waals surface area contributed by atoms with Gasteiger partial charge in [-0.2, -0.15) is 0 Å². The Morgan fingerprint density at radius 3 is 2.92 bits per heavy atom. The molecule has 1 aromatic heterocycles. The number of hydrogen-bond donors (Lipinski definition) is 2. The fraction of sp³-hybridized carbons (Fsp3) is 0. The predicted octanol–water partition coefficient (Wildman–Crippen LogP) is 2.17. The second-order valence-electron chi connectivity index (χ2n) is 2.67. The van der Waals surface area contributed by atoms with Crippen molar-refractivity contribution < 1.29 is 0 Å². The minimum atomic E-state index is 0.605. The standard InChI is InChI=1S/C9H8ClN3/c10-9-7-5-12-4-3-6(7)1-2-8(9)13-11/h1-5,13H,11H2. The Morgan fingerprint density at radius 2 is 2.15 bits per heavy atom. The Bertz CT molecular complexity index is 442. The van der Waals surface area contributed by atoms with Crippen LogP contribution >= 0.6 is 11.6 Å². The number of pyridine rings is 1. The summed E-state index contributed by atoms with van der Waals surface area (Å²) < 4.78 is 0. The fourth-order valence-electron chi connectivity index (χ4n) is 1.24. The molecule has 0 aliphatic heterocycles. The molecule has 0 saturated heterocycles. The molecule has 2 rings (SSSR count). The Hall–Kier alpha value is -1.32. The number of fused-ring (bicyclic) bond motifs is 1. The lowest BCUT2D eigenvalue weighted by molar-refractivity contribution is 1.34. The third-order valence-corrected chi connectivity index (χ3v) is 2.32. The summed E-state index contributed by atoms with van der Waals surface area (Å²) in [6.07, 6.45) is 3.45. The Labute approximate surface area is 80.5 Å². The summed E-state index contributed by atoms with van der Waals surface area (Å²) in [6.45, 7) is 0. The minimum absolute atomic E-state index is 0.605. The summed E-state index contributed by atoms with van der Waals surface area (Å²) in [6, 6.07) is 5.68. The number of hydrazine groups is 1. The van der Waals surface area contributed by atoms with E-state index >= 15 is 0 Å². The zero-order valence-corrected chi connectivity index (χ0v) is 7.55. The lowest BCUT2D eigenvalue weighted by atomic mass is 10.1. The van der Waals surface area contributed by atoms with Gasteiger partial charge in [0.05, 0.1) is 10.7 Å². The van der Waals surface area contributed by atoms with Crippen LogP contribution in [0, 0.1) is 0 Å². The van der Waals surface area contributed by atoms with Crippen LogP contribution in [0.4, 0.5) is 5.69 Å². The Kier molecular flexibility index (Phi) is 2.04. The topological polar surface area (TPSA) is 50.9 Å². The zero-order chi connectivity index (χ0) is 9.26. The molecule has 13 heavy (non-hydrogen) atoms. The number of nitrogens with zero attached hydrogens (tertiary/aromatic N) is 1. The largest absolute Gasteiger partial charge is 0.323 e. The molecule has 0 saturated carbocycles. The van der Waals surface area contributed by atoms with Crippen molar-refractivity contribution >= 4 is 28.1 Å². The van der Waals surface area contributed by atoms with E-state index in [0.29, 0.717) is 10.7 Å². The fourth-order valence-corrected chi connectivity index (χ4v) is 1.51. The highest BCUT2D eigenvalue weighted by Crippen LogP contribution is 2.29. The van der Waals surface area contributed by atoms with Crippen molar-refractivity contribution in [3.8, 4) is 0 Å². The summed E-state index contributed by atoms with van der Waals surface area (Å²) in [4.78, 5) is 4.00. The number of nitrogens with two attached hydrogens (primary N) is 1. The first kappa shape index (κ1) is 8.29. The molecule has 66 valence electrons. The first-order chi connectivity index (χ1) is 6.33. The highest BCUT2D eigenvalue weighted by Gasteiger charge is 2.03. The summed E-state index contributed by atoms with van der Waals surface area (Å²) in [5, 5.41) is 2.56. The molecule has 0 unspecified atom stereocenters. The third-order valence-electron chi connectivity index (χ3n) is 1.91. The molecule has 1 aromatic carbocycles. The van der Waals surface area contributed by atoms with Crippen molar-refractivity contribution in [2.24, 2.45) is 5.84 Å². The van der Waals surface area contributed by atoms with Crippen LogP contribution in [0.2, 0.25) is 5.02 Å². The molecule has 0 spiro atoms. The van der Waals surface area contributed by atoms with Crippen LogP contribution in [-0.2, 0) is 0 Å². The monoisotopic (exact) mass is 193 g/mol. The summed E-state index contributed by atoms with van der Waals surface area (Å²) >= 11 is 6.06. The second kappa shape index (κ2) is 3.20. The van der Waals surface area contributed by atoms with Gasteiger partial charge in [-0.15, -0.1) is 0 Å². The summed E-state index contributed by atoms with van der Waals surface area (Å²) in [5.41, 5.74) is 3.24. The number of nitrogens with one attached hydrogen (secondary N) is 1. The summed E-state index contributed by atoms with van der Waals surface area (Å²) in [5.74, 6) is 5.29. The van der Waals surface area contributed by atoms with Gasteiger partial charge in [-0.1, -0.05) is 17.7 Å².